The third-order valence-corrected chi connectivity index (χ3v) is 10.3. The lowest BCUT2D eigenvalue weighted by Crippen LogP contribution is -3.11. The van der Waals surface area contributed by atoms with Gasteiger partial charge in [-0.1, -0.05) is 31.8 Å². The van der Waals surface area contributed by atoms with Gasteiger partial charge in [-0.15, -0.1) is 6.58 Å². The van der Waals surface area contributed by atoms with E-state index >= 15 is 0 Å². The van der Waals surface area contributed by atoms with Crippen LogP contribution in [0.5, 0.6) is 0 Å². The van der Waals surface area contributed by atoms with Gasteiger partial charge in [0.05, 0.1) is 32.3 Å². The number of allylic oxidation sites excluding steroid dienone is 1. The minimum absolute atomic E-state index is 0.198. The molecular weight excluding hydrogens is 829 g/mol. The predicted molar refractivity (Wildman–Crippen MR) is 212 cm³/mol. The molecule has 2 fully saturated rings. The summed E-state index contributed by atoms with van der Waals surface area (Å²) < 4.78 is 73.4. The van der Waals surface area contributed by atoms with E-state index in [1.54, 1.807) is 4.90 Å². The van der Waals surface area contributed by atoms with Crippen molar-refractivity contribution in [3.05, 3.63) is 12.7 Å². The Balaban J connectivity index is 0.00000243. The molecule has 0 aromatic rings. The summed E-state index contributed by atoms with van der Waals surface area (Å²) >= 11 is 0. The van der Waals surface area contributed by atoms with Crippen molar-refractivity contribution < 1.29 is 94.8 Å². The highest BCUT2D eigenvalue weighted by Crippen LogP contribution is 2.44. The van der Waals surface area contributed by atoms with E-state index < -0.39 is 112 Å². The van der Waals surface area contributed by atoms with Gasteiger partial charge in [-0.25, -0.2) is 0 Å². The number of ether oxygens (including phenoxy) is 9. The first-order valence-electron chi connectivity index (χ1n) is 20.7. The van der Waals surface area contributed by atoms with Crippen molar-refractivity contribution in [1.29, 1.82) is 0 Å². The second-order valence-electron chi connectivity index (χ2n) is 14.4. The van der Waals surface area contributed by atoms with Crippen molar-refractivity contribution in [2.75, 3.05) is 32.8 Å². The Morgan fingerprint density at radius 3 is 1.52 bits per heavy atom. The fourth-order valence-electron chi connectivity index (χ4n) is 6.52. The lowest BCUT2D eigenvalue weighted by molar-refractivity contribution is -0.894. The summed E-state index contributed by atoms with van der Waals surface area (Å²) in [5, 5.41) is 0. The van der Waals surface area contributed by atoms with Crippen LogP contribution in [0.1, 0.15) is 114 Å². The van der Waals surface area contributed by atoms with Crippen LogP contribution < -0.4 is 9.79 Å². The first-order valence-corrected chi connectivity index (χ1v) is 22.2. The Kier molecular flexibility index (Phi) is 26.4. The summed E-state index contributed by atoms with van der Waals surface area (Å²) in [4.78, 5) is 87.7. The lowest BCUT2D eigenvalue weighted by Gasteiger charge is -2.48. The molecule has 352 valence electrons. The Labute approximate surface area is 359 Å². The first-order chi connectivity index (χ1) is 28.7. The average molecular weight is 898 g/mol. The second-order valence-corrected chi connectivity index (χ2v) is 15.8. The highest BCUT2D eigenvalue weighted by molar-refractivity contribution is 7.45. The summed E-state index contributed by atoms with van der Waals surface area (Å²) in [6, 6.07) is 0. The third-order valence-electron chi connectivity index (χ3n) is 9.36. The molecule has 0 aromatic heterocycles. The molecule has 21 heteroatoms. The van der Waals surface area contributed by atoms with Crippen LogP contribution in [0, 0.1) is 0 Å². The molecule has 2 rings (SSSR count). The monoisotopic (exact) mass is 897 g/mol. The number of hydrogen-bond donors (Lipinski definition) is 1. The Morgan fingerprint density at radius 2 is 1.07 bits per heavy atom. The van der Waals surface area contributed by atoms with E-state index in [4.69, 9.17) is 51.7 Å². The van der Waals surface area contributed by atoms with Gasteiger partial charge in [0.1, 0.15) is 18.8 Å². The number of carbonyl (C=O) groups excluding carboxylic acids is 6. The van der Waals surface area contributed by atoms with Crippen molar-refractivity contribution >= 4 is 43.6 Å². The summed E-state index contributed by atoms with van der Waals surface area (Å²) in [6.07, 6.45) is -8.34. The molecule has 2 saturated heterocycles. The summed E-state index contributed by atoms with van der Waals surface area (Å²) in [7, 11) is -5.12. The van der Waals surface area contributed by atoms with Crippen LogP contribution in [0.3, 0.4) is 0 Å². The van der Waals surface area contributed by atoms with E-state index in [0.717, 1.165) is 73.6 Å². The zero-order chi connectivity index (χ0) is 46.3. The number of phosphoric acid groups is 1. The largest absolute Gasteiger partial charge is 0.756 e. The van der Waals surface area contributed by atoms with E-state index in [2.05, 4.69) is 27.4 Å². The highest BCUT2D eigenvalue weighted by Gasteiger charge is 2.57. The number of rotatable bonds is 24. The molecule has 2 heterocycles. The van der Waals surface area contributed by atoms with Gasteiger partial charge in [-0.2, -0.15) is 0 Å². The molecular formula is C40H68NO19P. The second kappa shape index (κ2) is 29.0. The van der Waals surface area contributed by atoms with E-state index in [9.17, 15) is 38.2 Å². The van der Waals surface area contributed by atoms with Crippen molar-refractivity contribution in [3.8, 4) is 0 Å². The van der Waals surface area contributed by atoms with Gasteiger partial charge < -0.3 is 56.9 Å². The Morgan fingerprint density at radius 1 is 0.623 bits per heavy atom. The molecule has 1 N–H and O–H groups in total. The third kappa shape index (κ3) is 21.4. The number of hydrogen-bond acceptors (Lipinski definition) is 19. The molecule has 2 aliphatic heterocycles. The molecule has 0 aromatic carbocycles. The molecule has 0 radical (unpaired) electrons. The van der Waals surface area contributed by atoms with Crippen molar-refractivity contribution in [2.45, 2.75) is 176 Å². The van der Waals surface area contributed by atoms with Crippen LogP contribution in [-0.2, 0) is 85.0 Å². The molecule has 61 heavy (non-hydrogen) atoms. The van der Waals surface area contributed by atoms with Crippen molar-refractivity contribution in [2.24, 2.45) is 0 Å². The minimum atomic E-state index is -5.12. The fourth-order valence-corrected chi connectivity index (χ4v) is 7.36. The van der Waals surface area contributed by atoms with Crippen LogP contribution in [0.4, 0.5) is 0 Å². The number of phosphoric ester groups is 1. The predicted octanol–water partition coefficient (Wildman–Crippen LogP) is 2.41. The van der Waals surface area contributed by atoms with Crippen LogP contribution in [0.15, 0.2) is 12.7 Å². The van der Waals surface area contributed by atoms with Gasteiger partial charge >= 0.3 is 35.8 Å². The number of unbranched alkanes of at least 4 members (excludes halogenated alkanes) is 6. The zero-order valence-electron chi connectivity index (χ0n) is 37.2. The highest BCUT2D eigenvalue weighted by atomic mass is 31.2. The fraction of sp³-hybridized carbons (Fsp3) is 0.800. The van der Waals surface area contributed by atoms with Crippen LogP contribution in [0.2, 0.25) is 0 Å². The maximum Gasteiger partial charge on any atom is 0.303 e. The molecule has 0 aliphatic carbocycles. The molecule has 0 bridgehead atoms. The van der Waals surface area contributed by atoms with Gasteiger partial charge in [-0.3, -0.25) is 37.9 Å². The molecule has 0 amide bonds. The summed E-state index contributed by atoms with van der Waals surface area (Å²) in [5.74, 6) is -5.30. The molecule has 2 aliphatic rings. The maximum absolute atomic E-state index is 12.9. The van der Waals surface area contributed by atoms with Gasteiger partial charge in [-0.05, 0) is 47.0 Å². The zero-order valence-corrected chi connectivity index (χ0v) is 38.1. The summed E-state index contributed by atoms with van der Waals surface area (Å²) in [5.41, 5.74) is 0. The van der Waals surface area contributed by atoms with E-state index in [0.29, 0.717) is 12.8 Å². The van der Waals surface area contributed by atoms with Crippen LogP contribution in [-0.4, -0.2) is 130 Å². The first kappa shape index (κ1) is 55.5. The topological polar surface area (TPSA) is 249 Å². The smallest absolute Gasteiger partial charge is 0.303 e. The van der Waals surface area contributed by atoms with Crippen LogP contribution >= 0.6 is 7.82 Å². The molecule has 0 spiro atoms. The standard InChI is InChI=1S/C34H53O19P.C6H15N/c1-9-10-11-12-13-14-15-16-17-44-54(41,42)53-34-32(50-25(8)40)29(47-22(5)37)27(19(2)45-34)52-33-31(49-24(7)39)30(48-23(6)38)28(46-21(4)36)26(51-33)18-43-20(3)35;1-4-7(5-2)6-3/h9,19,26-34H,1,10-18H2,2-8H3,(H,41,42);4-6H2,1-3H3/t19-,26-,27-,28+,29+,30+,31-,32+,33+,34-;/m1./s1. The van der Waals surface area contributed by atoms with Crippen molar-refractivity contribution in [1.82, 2.24) is 0 Å². The average Bonchev–Trinajstić information content (AvgIpc) is 3.15. The molecule has 11 atom stereocenters. The number of quaternary nitrogens is 1. The number of esters is 6. The Bertz CT molecular complexity index is 1440. The van der Waals surface area contributed by atoms with Gasteiger partial charge in [0, 0.05) is 41.5 Å². The lowest BCUT2D eigenvalue weighted by atomic mass is 9.96. The quantitative estimate of drug-likeness (QED) is 0.0480. The number of carbonyl (C=O) groups is 6. The minimum Gasteiger partial charge on any atom is -0.756 e. The van der Waals surface area contributed by atoms with Gasteiger partial charge in [0.2, 0.25) is 6.29 Å². The van der Waals surface area contributed by atoms with Crippen molar-refractivity contribution in [3.63, 3.8) is 0 Å². The van der Waals surface area contributed by atoms with E-state index in [-0.39, 0.29) is 6.61 Å². The Hall–Kier alpha value is -3.49. The SMILES string of the molecule is C=CCCCCCCCCOP(=O)([O-])O[C@H]1O[C@H](C)[C@@H](O[C@@H]2O[C@H](COC(C)=O)[C@H](OC(C)=O)[C@H](OC(C)=O)[C@H]2OC(C)=O)[C@H](OC(C)=O)[C@@H]1OC(C)=O.CC[NH+](CC)CC. The normalized spacial score (nSPS) is 27.0. The van der Waals surface area contributed by atoms with Crippen LogP contribution in [0.25, 0.3) is 0 Å². The van der Waals surface area contributed by atoms with Gasteiger partial charge in [0.15, 0.2) is 36.8 Å². The molecule has 0 saturated carbocycles. The van der Waals surface area contributed by atoms with E-state index in [1.807, 2.05) is 6.08 Å². The van der Waals surface area contributed by atoms with Gasteiger partial charge in [0.25, 0.3) is 7.82 Å². The summed E-state index contributed by atoms with van der Waals surface area (Å²) in [6.45, 7) is 21.0. The maximum atomic E-state index is 12.9. The van der Waals surface area contributed by atoms with E-state index in [1.165, 1.54) is 26.6 Å². The molecule has 20 nitrogen and oxygen atoms in total. The molecule has 1 unspecified atom stereocenters. The number of nitrogens with one attached hydrogen (secondary N) is 1.